The summed E-state index contributed by atoms with van der Waals surface area (Å²) < 4.78 is 63.0. The van der Waals surface area contributed by atoms with Crippen LogP contribution < -0.4 is 11.1 Å². The number of para-hydroxylation sites is 4. The van der Waals surface area contributed by atoms with E-state index in [1.807, 2.05) is 84.9 Å². The van der Waals surface area contributed by atoms with Crippen molar-refractivity contribution >= 4 is 43.6 Å². The van der Waals surface area contributed by atoms with Gasteiger partial charge in [0, 0.05) is 23.5 Å². The Labute approximate surface area is 491 Å². The van der Waals surface area contributed by atoms with Crippen LogP contribution in [-0.2, 0) is 0 Å². The summed E-state index contributed by atoms with van der Waals surface area (Å²) in [5.41, 5.74) is 7.40. The first-order valence-electron chi connectivity index (χ1n) is 28.8. The molecule has 8 aromatic carbocycles. The molecule has 2 fully saturated rings. The number of H-pyrrole nitrogens is 2. The standard InChI is InChI=1S/2C35H30F2N4O2/c2*1-40-15-12-23(13-16-40)21-6-8-22(9-7-21)25-18-24-14-17-41(35(43)32(24)28(37)19-25)33(27-20-26(36)10-11-31(27)42)34-38-29-4-2-3-5-30(29)39-34/h2*2-11,14,17-20,23,33,42H,12-13,15-16H2,1H3,(H,38,39)/t2*33-/m10/s1. The van der Waals surface area contributed by atoms with Crippen molar-refractivity contribution in [3.8, 4) is 33.8 Å². The van der Waals surface area contributed by atoms with Crippen molar-refractivity contribution in [2.75, 3.05) is 40.3 Å². The summed E-state index contributed by atoms with van der Waals surface area (Å²) in [6.07, 6.45) is 7.56. The highest BCUT2D eigenvalue weighted by Crippen LogP contribution is 2.38. The Morgan fingerprint density at radius 3 is 1.23 bits per heavy atom. The molecular weight excluding hydrogens is 1090 g/mol. The second kappa shape index (κ2) is 23.1. The minimum Gasteiger partial charge on any atom is -0.508 e. The molecule has 0 amide bonds. The monoisotopic (exact) mass is 1150 g/mol. The van der Waals surface area contributed by atoms with Crippen LogP contribution in [0, 0.1) is 23.3 Å². The highest BCUT2D eigenvalue weighted by Gasteiger charge is 2.29. The molecule has 2 atom stereocenters. The van der Waals surface area contributed by atoms with Gasteiger partial charge >= 0.3 is 0 Å². The number of piperidine rings is 2. The number of benzene rings is 8. The summed E-state index contributed by atoms with van der Waals surface area (Å²) >= 11 is 0. The lowest BCUT2D eigenvalue weighted by molar-refractivity contribution is 0.255. The Morgan fingerprint density at radius 1 is 0.465 bits per heavy atom. The average molecular weight is 1150 g/mol. The fraction of sp³-hybridized carbons (Fsp3) is 0.200. The molecule has 0 unspecified atom stereocenters. The van der Waals surface area contributed by atoms with Gasteiger partial charge in [-0.3, -0.25) is 18.7 Å². The number of nitrogens with one attached hydrogen (secondary N) is 2. The predicted molar refractivity (Wildman–Crippen MR) is 329 cm³/mol. The van der Waals surface area contributed by atoms with Gasteiger partial charge in [-0.15, -0.1) is 0 Å². The molecule has 0 radical (unpaired) electrons. The maximum absolute atomic E-state index is 15.8. The van der Waals surface area contributed by atoms with E-state index in [9.17, 15) is 28.6 Å². The van der Waals surface area contributed by atoms with E-state index in [4.69, 9.17) is 0 Å². The van der Waals surface area contributed by atoms with Gasteiger partial charge in [0.1, 0.15) is 58.5 Å². The smallest absolute Gasteiger partial charge is 0.262 e. The summed E-state index contributed by atoms with van der Waals surface area (Å²) in [5, 5.41) is 22.2. The molecule has 0 bridgehead atoms. The summed E-state index contributed by atoms with van der Waals surface area (Å²) in [6.45, 7) is 4.32. The molecule has 12 nitrogen and oxygen atoms in total. The van der Waals surface area contributed by atoms with Gasteiger partial charge in [0.25, 0.3) is 11.1 Å². The third kappa shape index (κ3) is 10.8. The molecule has 4 aromatic heterocycles. The van der Waals surface area contributed by atoms with Crippen molar-refractivity contribution < 1.29 is 27.8 Å². The van der Waals surface area contributed by atoms with Crippen molar-refractivity contribution in [2.24, 2.45) is 0 Å². The van der Waals surface area contributed by atoms with Crippen molar-refractivity contribution in [2.45, 2.75) is 49.6 Å². The van der Waals surface area contributed by atoms with Gasteiger partial charge in [-0.05, 0) is 219 Å². The summed E-state index contributed by atoms with van der Waals surface area (Å²) in [6, 6.07) is 45.9. The Kier molecular flexibility index (Phi) is 14.9. The van der Waals surface area contributed by atoms with Crippen molar-refractivity contribution in [1.29, 1.82) is 0 Å². The van der Waals surface area contributed by atoms with Crippen LogP contribution in [-0.4, -0.2) is 89.4 Å². The Hall–Kier alpha value is -9.64. The van der Waals surface area contributed by atoms with Crippen molar-refractivity contribution in [3.05, 3.63) is 260 Å². The van der Waals surface area contributed by atoms with E-state index in [1.165, 1.54) is 56.7 Å². The molecule has 432 valence electrons. The van der Waals surface area contributed by atoms with Crippen LogP contribution in [0.5, 0.6) is 11.5 Å². The number of phenols is 2. The van der Waals surface area contributed by atoms with Crippen LogP contribution in [0.15, 0.2) is 192 Å². The number of nitrogens with zero attached hydrogens (tertiary/aromatic N) is 6. The molecule has 14 rings (SSSR count). The fourth-order valence-electron chi connectivity index (χ4n) is 12.6. The van der Waals surface area contributed by atoms with E-state index < -0.39 is 46.5 Å². The highest BCUT2D eigenvalue weighted by molar-refractivity contribution is 5.89. The number of aromatic amines is 2. The zero-order valence-corrected chi connectivity index (χ0v) is 47.2. The number of aromatic hydroxyl groups is 2. The third-order valence-electron chi connectivity index (χ3n) is 17.3. The number of likely N-dealkylation sites (tertiary alicyclic amines) is 2. The van der Waals surface area contributed by atoms with Crippen LogP contribution in [0.1, 0.15) is 83.5 Å². The second-order valence-electron chi connectivity index (χ2n) is 22.8. The SMILES string of the molecule is CN1CCC(c2ccc(-c3cc(F)c4c(=O)n([C@@H](c5nc6ccccc6[nH]5)c5cc(F)ccc5O)ccc4c3)cc2)CC1.CN1CCC(c2ccc(-c3cc(F)c4c(=O)n([C@H](c5nc6ccccc6[nH]5)c5cc(F)ccc5O)ccc4c3)cc2)CC1. The van der Waals surface area contributed by atoms with Crippen molar-refractivity contribution in [1.82, 2.24) is 38.9 Å². The zero-order chi connectivity index (χ0) is 59.3. The Bertz CT molecular complexity index is 4280. The molecule has 12 aromatic rings. The van der Waals surface area contributed by atoms with Crippen LogP contribution in [0.25, 0.3) is 65.9 Å². The lowest BCUT2D eigenvalue weighted by Crippen LogP contribution is -2.29. The number of halogens is 4. The number of fused-ring (bicyclic) bond motifs is 4. The number of pyridine rings is 2. The third-order valence-corrected chi connectivity index (χ3v) is 17.3. The second-order valence-corrected chi connectivity index (χ2v) is 22.8. The number of rotatable bonds is 10. The quantitative estimate of drug-likeness (QED) is 0.0990. The Balaban J connectivity index is 0.000000160. The minimum atomic E-state index is -1.04. The Morgan fingerprint density at radius 2 is 0.849 bits per heavy atom. The first-order chi connectivity index (χ1) is 41.7. The molecule has 0 aliphatic carbocycles. The molecule has 16 heteroatoms. The first kappa shape index (κ1) is 55.5. The maximum Gasteiger partial charge on any atom is 0.262 e. The molecule has 2 aliphatic heterocycles. The predicted octanol–water partition coefficient (Wildman–Crippen LogP) is 14.0. The molecule has 2 aliphatic rings. The lowest BCUT2D eigenvalue weighted by Gasteiger charge is -2.29. The molecule has 6 heterocycles. The number of hydrogen-bond acceptors (Lipinski definition) is 8. The van der Waals surface area contributed by atoms with Crippen LogP contribution >= 0.6 is 0 Å². The summed E-state index contributed by atoms with van der Waals surface area (Å²) in [4.78, 5) is 48.2. The van der Waals surface area contributed by atoms with E-state index in [1.54, 1.807) is 24.5 Å². The number of phenolic OH excluding ortho intramolecular Hbond substituents is 2. The van der Waals surface area contributed by atoms with Gasteiger partial charge in [-0.25, -0.2) is 27.5 Å². The van der Waals surface area contributed by atoms with E-state index in [2.05, 4.69) is 68.1 Å². The molecular formula is C70H60F4N8O4. The van der Waals surface area contributed by atoms with Gasteiger partial charge in [0.15, 0.2) is 0 Å². The van der Waals surface area contributed by atoms with Crippen LogP contribution in [0.3, 0.4) is 0 Å². The van der Waals surface area contributed by atoms with E-state index >= 15 is 8.78 Å². The zero-order valence-electron chi connectivity index (χ0n) is 47.2. The summed E-state index contributed by atoms with van der Waals surface area (Å²) in [5.74, 6) is -1.23. The number of imidazole rings is 2. The molecule has 86 heavy (non-hydrogen) atoms. The number of hydrogen-bond donors (Lipinski definition) is 4. The fourth-order valence-corrected chi connectivity index (χ4v) is 12.6. The topological polar surface area (TPSA) is 148 Å². The van der Waals surface area contributed by atoms with E-state index in [-0.39, 0.29) is 33.4 Å². The summed E-state index contributed by atoms with van der Waals surface area (Å²) in [7, 11) is 4.29. The van der Waals surface area contributed by atoms with E-state index in [0.29, 0.717) is 67.5 Å². The molecule has 0 saturated carbocycles. The highest BCUT2D eigenvalue weighted by atomic mass is 19.1. The van der Waals surface area contributed by atoms with Gasteiger partial charge in [0.05, 0.1) is 32.8 Å². The minimum absolute atomic E-state index is 0.0915. The van der Waals surface area contributed by atoms with E-state index in [0.717, 1.165) is 75.1 Å². The first-order valence-corrected chi connectivity index (χ1v) is 28.8. The average Bonchev–Trinajstić information content (AvgIpc) is 1.36. The van der Waals surface area contributed by atoms with Crippen molar-refractivity contribution in [3.63, 3.8) is 0 Å². The van der Waals surface area contributed by atoms with Gasteiger partial charge in [-0.2, -0.15) is 0 Å². The van der Waals surface area contributed by atoms with Gasteiger partial charge < -0.3 is 30.0 Å². The van der Waals surface area contributed by atoms with Crippen LogP contribution in [0.4, 0.5) is 17.6 Å². The molecule has 2 saturated heterocycles. The lowest BCUT2D eigenvalue weighted by atomic mass is 9.88. The number of aromatic nitrogens is 6. The maximum atomic E-state index is 15.8. The van der Waals surface area contributed by atoms with Crippen LogP contribution in [0.2, 0.25) is 0 Å². The largest absolute Gasteiger partial charge is 0.508 e. The molecule has 0 spiro atoms. The normalized spacial score (nSPS) is 15.3. The molecule has 4 N–H and O–H groups in total. The van der Waals surface area contributed by atoms with Gasteiger partial charge in [-0.1, -0.05) is 72.8 Å². The van der Waals surface area contributed by atoms with Gasteiger partial charge in [0.2, 0.25) is 0 Å².